The van der Waals surface area contributed by atoms with E-state index in [1.54, 1.807) is 24.5 Å². The number of benzene rings is 1. The Bertz CT molecular complexity index is 657. The monoisotopic (exact) mass is 309 g/mol. The van der Waals surface area contributed by atoms with Crippen LogP contribution in [0.15, 0.2) is 12.1 Å². The maximum atomic E-state index is 14.1. The maximum Gasteiger partial charge on any atom is 0.163 e. The highest BCUT2D eigenvalue weighted by Gasteiger charge is 2.20. The molecule has 1 aromatic carbocycles. The summed E-state index contributed by atoms with van der Waals surface area (Å²) in [6.45, 7) is 8.07. The molecule has 0 saturated carbocycles. The van der Waals surface area contributed by atoms with Crippen molar-refractivity contribution in [3.05, 3.63) is 44.6 Å². The van der Waals surface area contributed by atoms with Gasteiger partial charge in [0.25, 0.3) is 0 Å². The summed E-state index contributed by atoms with van der Waals surface area (Å²) in [6, 6.07) is 2.91. The third-order valence-corrected chi connectivity index (χ3v) is 5.16. The van der Waals surface area contributed by atoms with Gasteiger partial charge in [-0.05, 0) is 63.1 Å². The Morgan fingerprint density at radius 1 is 1.14 bits per heavy atom. The summed E-state index contributed by atoms with van der Waals surface area (Å²) >= 11 is 1.69. The molecule has 2 rings (SSSR count). The van der Waals surface area contributed by atoms with Crippen molar-refractivity contribution in [2.24, 2.45) is 0 Å². The van der Waals surface area contributed by atoms with Crippen molar-refractivity contribution in [1.29, 1.82) is 0 Å². The van der Waals surface area contributed by atoms with Crippen LogP contribution in [0.25, 0.3) is 11.1 Å². The minimum absolute atomic E-state index is 0.181. The number of hydrogen-bond donors (Lipinski definition) is 1. The van der Waals surface area contributed by atoms with E-state index in [0.717, 1.165) is 21.6 Å². The molecular weight excluding hydrogens is 288 g/mol. The molecule has 1 aromatic heterocycles. The van der Waals surface area contributed by atoms with E-state index < -0.39 is 11.6 Å². The lowest BCUT2D eigenvalue weighted by molar-refractivity contribution is 0.470. The van der Waals surface area contributed by atoms with E-state index in [1.165, 1.54) is 10.9 Å². The first-order valence-electron chi connectivity index (χ1n) is 7.13. The lowest BCUT2D eigenvalue weighted by Crippen LogP contribution is -2.17. The molecule has 1 heterocycles. The molecule has 0 saturated heterocycles. The molecular formula is C17H21F2NS. The topological polar surface area (TPSA) is 12.0 Å². The Labute approximate surface area is 129 Å². The normalized spacial score (nSPS) is 12.7. The second-order valence-corrected chi connectivity index (χ2v) is 6.75. The zero-order chi connectivity index (χ0) is 15.7. The van der Waals surface area contributed by atoms with Gasteiger partial charge >= 0.3 is 0 Å². The van der Waals surface area contributed by atoms with Crippen molar-refractivity contribution in [2.75, 3.05) is 7.05 Å². The smallest absolute Gasteiger partial charge is 0.163 e. The highest BCUT2D eigenvalue weighted by molar-refractivity contribution is 7.12. The maximum absolute atomic E-state index is 14.1. The highest BCUT2D eigenvalue weighted by atomic mass is 32.1. The van der Waals surface area contributed by atoms with Gasteiger partial charge in [-0.25, -0.2) is 8.78 Å². The summed E-state index contributed by atoms with van der Waals surface area (Å²) in [7, 11) is 1.77. The van der Waals surface area contributed by atoms with E-state index in [2.05, 4.69) is 12.2 Å². The van der Waals surface area contributed by atoms with Crippen molar-refractivity contribution >= 4 is 11.3 Å². The Balaban J connectivity index is 2.66. The number of thiophene rings is 1. The van der Waals surface area contributed by atoms with Crippen LogP contribution in [0.1, 0.15) is 40.3 Å². The number of hydrogen-bond acceptors (Lipinski definition) is 2. The summed E-state index contributed by atoms with van der Waals surface area (Å²) in [5, 5.41) is 3.05. The second kappa shape index (κ2) is 6.24. The standard InChI is InChI=1S/C17H21F2NS/c1-6-15(20-5)13-7-12(8-14(18)17(13)19)16-9(2)10(3)21-11(16)4/h7-8,15,20H,6H2,1-5H3. The Hall–Kier alpha value is -1.26. The van der Waals surface area contributed by atoms with Gasteiger partial charge in [0.15, 0.2) is 11.6 Å². The van der Waals surface area contributed by atoms with Gasteiger partial charge in [0.2, 0.25) is 0 Å². The summed E-state index contributed by atoms with van der Waals surface area (Å²) < 4.78 is 28.1. The molecule has 0 bridgehead atoms. The molecule has 1 nitrogen and oxygen atoms in total. The molecule has 0 amide bonds. The molecule has 4 heteroatoms. The fourth-order valence-electron chi connectivity index (χ4n) is 2.80. The van der Waals surface area contributed by atoms with Gasteiger partial charge in [0, 0.05) is 21.4 Å². The summed E-state index contributed by atoms with van der Waals surface area (Å²) in [5.74, 6) is -1.53. The first-order valence-corrected chi connectivity index (χ1v) is 7.95. The first-order chi connectivity index (χ1) is 9.90. The first kappa shape index (κ1) is 16.1. The summed E-state index contributed by atoms with van der Waals surface area (Å²) in [4.78, 5) is 2.36. The van der Waals surface area contributed by atoms with E-state index in [4.69, 9.17) is 0 Å². The van der Waals surface area contributed by atoms with Crippen LogP contribution in [0, 0.1) is 32.4 Å². The Kier molecular flexibility index (Phi) is 4.79. The molecule has 0 aliphatic heterocycles. The molecule has 114 valence electrons. The average Bonchev–Trinajstić information content (AvgIpc) is 2.69. The van der Waals surface area contributed by atoms with Crippen LogP contribution >= 0.6 is 11.3 Å². The van der Waals surface area contributed by atoms with Gasteiger partial charge in [0.05, 0.1) is 0 Å². The quantitative estimate of drug-likeness (QED) is 0.809. The third-order valence-electron chi connectivity index (χ3n) is 4.04. The van der Waals surface area contributed by atoms with Crippen LogP contribution < -0.4 is 5.32 Å². The number of rotatable bonds is 4. The molecule has 1 N–H and O–H groups in total. The van der Waals surface area contributed by atoms with Gasteiger partial charge in [-0.1, -0.05) is 6.92 Å². The molecule has 2 aromatic rings. The Morgan fingerprint density at radius 2 is 1.81 bits per heavy atom. The number of aryl methyl sites for hydroxylation is 2. The number of nitrogens with one attached hydrogen (secondary N) is 1. The fourth-order valence-corrected chi connectivity index (χ4v) is 3.89. The Morgan fingerprint density at radius 3 is 2.29 bits per heavy atom. The molecule has 21 heavy (non-hydrogen) atoms. The van der Waals surface area contributed by atoms with E-state index >= 15 is 0 Å². The van der Waals surface area contributed by atoms with Crippen molar-refractivity contribution in [3.8, 4) is 11.1 Å². The fraction of sp³-hybridized carbons (Fsp3) is 0.412. The van der Waals surface area contributed by atoms with Crippen molar-refractivity contribution in [2.45, 2.75) is 40.2 Å². The molecule has 1 unspecified atom stereocenters. The lowest BCUT2D eigenvalue weighted by atomic mass is 9.95. The summed E-state index contributed by atoms with van der Waals surface area (Å²) in [5.41, 5.74) is 3.34. The van der Waals surface area contributed by atoms with Gasteiger partial charge < -0.3 is 5.32 Å². The van der Waals surface area contributed by atoms with Crippen molar-refractivity contribution in [1.82, 2.24) is 5.32 Å². The molecule has 0 spiro atoms. The summed E-state index contributed by atoms with van der Waals surface area (Å²) in [6.07, 6.45) is 0.705. The number of halogens is 2. The van der Waals surface area contributed by atoms with Crippen LogP contribution in [0.2, 0.25) is 0 Å². The van der Waals surface area contributed by atoms with E-state index in [-0.39, 0.29) is 6.04 Å². The molecule has 0 fully saturated rings. The zero-order valence-electron chi connectivity index (χ0n) is 13.1. The second-order valence-electron chi connectivity index (χ2n) is 5.33. The minimum Gasteiger partial charge on any atom is -0.313 e. The predicted octanol–water partition coefficient (Wildman–Crippen LogP) is 5.29. The van der Waals surface area contributed by atoms with Crippen LogP contribution in [0.3, 0.4) is 0 Å². The molecule has 0 radical (unpaired) electrons. The highest BCUT2D eigenvalue weighted by Crippen LogP contribution is 2.37. The minimum atomic E-state index is -0.779. The molecule has 1 atom stereocenters. The van der Waals surface area contributed by atoms with Gasteiger partial charge in [-0.3, -0.25) is 0 Å². The van der Waals surface area contributed by atoms with Crippen LogP contribution in [-0.4, -0.2) is 7.05 Å². The SMILES string of the molecule is CCC(NC)c1cc(-c2c(C)sc(C)c2C)cc(F)c1F. The van der Waals surface area contributed by atoms with Gasteiger partial charge in [0.1, 0.15) is 0 Å². The van der Waals surface area contributed by atoms with Crippen LogP contribution in [0.4, 0.5) is 8.78 Å². The van der Waals surface area contributed by atoms with Crippen molar-refractivity contribution in [3.63, 3.8) is 0 Å². The largest absolute Gasteiger partial charge is 0.313 e. The van der Waals surface area contributed by atoms with E-state index in [0.29, 0.717) is 12.0 Å². The third kappa shape index (κ3) is 2.87. The predicted molar refractivity (Wildman–Crippen MR) is 86.0 cm³/mol. The van der Waals surface area contributed by atoms with E-state index in [9.17, 15) is 8.78 Å². The average molecular weight is 309 g/mol. The van der Waals surface area contributed by atoms with Gasteiger partial charge in [-0.15, -0.1) is 11.3 Å². The van der Waals surface area contributed by atoms with Crippen LogP contribution in [0.5, 0.6) is 0 Å². The molecule has 0 aliphatic rings. The zero-order valence-corrected chi connectivity index (χ0v) is 13.9. The molecule has 0 aliphatic carbocycles. The van der Waals surface area contributed by atoms with E-state index in [1.807, 2.05) is 20.8 Å². The van der Waals surface area contributed by atoms with Crippen molar-refractivity contribution < 1.29 is 8.78 Å². The lowest BCUT2D eigenvalue weighted by Gasteiger charge is -2.17. The van der Waals surface area contributed by atoms with Gasteiger partial charge in [-0.2, -0.15) is 0 Å². The van der Waals surface area contributed by atoms with Crippen LogP contribution in [-0.2, 0) is 0 Å².